The highest BCUT2D eigenvalue weighted by molar-refractivity contribution is 7.92. The molecule has 1 atom stereocenters. The molecule has 190 valence electrons. The average Bonchev–Trinajstić information content (AvgIpc) is 2.86. The molecule has 0 spiro atoms. The molecule has 0 aliphatic carbocycles. The van der Waals surface area contributed by atoms with Crippen LogP contribution in [0.2, 0.25) is 5.02 Å². The van der Waals surface area contributed by atoms with Crippen molar-refractivity contribution in [2.24, 2.45) is 0 Å². The maximum Gasteiger partial charge on any atom is 0.244 e. The maximum absolute atomic E-state index is 13.8. The summed E-state index contributed by atoms with van der Waals surface area (Å²) in [6, 6.07) is 24.1. The molecule has 0 unspecified atom stereocenters. The molecule has 0 heterocycles. The fraction of sp³-hybridized carbons (Fsp3) is 0.259. The van der Waals surface area contributed by atoms with Crippen molar-refractivity contribution in [3.05, 3.63) is 101 Å². The van der Waals surface area contributed by atoms with Crippen LogP contribution in [0.25, 0.3) is 0 Å². The van der Waals surface area contributed by atoms with Gasteiger partial charge < -0.3 is 10.2 Å². The van der Waals surface area contributed by atoms with Gasteiger partial charge in [-0.05, 0) is 42.3 Å². The molecule has 36 heavy (non-hydrogen) atoms. The van der Waals surface area contributed by atoms with Crippen LogP contribution in [0.1, 0.15) is 18.1 Å². The molecule has 0 bridgehead atoms. The van der Waals surface area contributed by atoms with Gasteiger partial charge in [0.25, 0.3) is 0 Å². The third-order valence-corrected chi connectivity index (χ3v) is 7.00. The Morgan fingerprint density at radius 2 is 1.44 bits per heavy atom. The van der Waals surface area contributed by atoms with E-state index >= 15 is 0 Å². The van der Waals surface area contributed by atoms with Gasteiger partial charge in [-0.15, -0.1) is 0 Å². The summed E-state index contributed by atoms with van der Waals surface area (Å²) in [5.74, 6) is -0.797. The number of rotatable bonds is 11. The molecule has 1 N–H and O–H groups in total. The predicted octanol–water partition coefficient (Wildman–Crippen LogP) is 3.88. The second-order valence-corrected chi connectivity index (χ2v) is 10.7. The average molecular weight is 528 g/mol. The molecule has 0 aromatic heterocycles. The van der Waals surface area contributed by atoms with Crippen LogP contribution in [0.15, 0.2) is 84.9 Å². The first-order valence-electron chi connectivity index (χ1n) is 11.6. The topological polar surface area (TPSA) is 86.8 Å². The van der Waals surface area contributed by atoms with Crippen LogP contribution in [0.5, 0.6) is 0 Å². The Hall–Kier alpha value is -3.36. The van der Waals surface area contributed by atoms with Crippen LogP contribution >= 0.6 is 11.6 Å². The molecule has 0 aliphatic heterocycles. The molecule has 3 rings (SSSR count). The first-order valence-corrected chi connectivity index (χ1v) is 13.8. The minimum Gasteiger partial charge on any atom is -0.355 e. The Morgan fingerprint density at radius 1 is 0.889 bits per heavy atom. The van der Waals surface area contributed by atoms with Gasteiger partial charge in [0.2, 0.25) is 21.8 Å². The third kappa shape index (κ3) is 7.57. The van der Waals surface area contributed by atoms with E-state index in [1.54, 1.807) is 24.3 Å². The van der Waals surface area contributed by atoms with E-state index in [1.165, 1.54) is 4.90 Å². The lowest BCUT2D eigenvalue weighted by atomic mass is 10.0. The van der Waals surface area contributed by atoms with Gasteiger partial charge in [-0.3, -0.25) is 13.9 Å². The number of likely N-dealkylation sites (N-methyl/N-ethyl adjacent to an activating group) is 1. The fourth-order valence-corrected chi connectivity index (χ4v) is 4.82. The Bertz CT molecular complexity index is 1250. The van der Waals surface area contributed by atoms with Gasteiger partial charge in [0.1, 0.15) is 12.6 Å². The highest BCUT2D eigenvalue weighted by atomic mass is 35.5. The van der Waals surface area contributed by atoms with Gasteiger partial charge >= 0.3 is 0 Å². The molecule has 0 radical (unpaired) electrons. The van der Waals surface area contributed by atoms with Crippen LogP contribution < -0.4 is 9.62 Å². The molecule has 0 aliphatic rings. The zero-order chi connectivity index (χ0) is 26.1. The second kappa shape index (κ2) is 12.6. The lowest BCUT2D eigenvalue weighted by Gasteiger charge is -2.33. The summed E-state index contributed by atoms with van der Waals surface area (Å²) in [7, 11) is -3.81. The standard InChI is InChI=1S/C27H30ClN3O4S/c1-3-29-27(33)25(18-21-10-6-4-7-11-21)30(19-22-12-8-5-9-13-22)26(32)20-31(36(2,34)35)24-16-14-23(28)15-17-24/h4-17,25H,3,18-20H2,1-2H3,(H,29,33)/t25-/m0/s1. The summed E-state index contributed by atoms with van der Waals surface area (Å²) in [5.41, 5.74) is 2.02. The van der Waals surface area contributed by atoms with Gasteiger partial charge in [-0.25, -0.2) is 8.42 Å². The Kier molecular flexibility index (Phi) is 9.50. The number of hydrogen-bond donors (Lipinski definition) is 1. The van der Waals surface area contributed by atoms with Crippen LogP contribution in [0.4, 0.5) is 5.69 Å². The predicted molar refractivity (Wildman–Crippen MR) is 143 cm³/mol. The normalized spacial score (nSPS) is 12.0. The summed E-state index contributed by atoms with van der Waals surface area (Å²) in [5, 5.41) is 3.28. The summed E-state index contributed by atoms with van der Waals surface area (Å²) >= 11 is 5.97. The molecular formula is C27H30ClN3O4S. The smallest absolute Gasteiger partial charge is 0.244 e. The fourth-order valence-electron chi connectivity index (χ4n) is 3.85. The van der Waals surface area contributed by atoms with Crippen molar-refractivity contribution in [3.63, 3.8) is 0 Å². The number of benzene rings is 3. The van der Waals surface area contributed by atoms with E-state index in [4.69, 9.17) is 11.6 Å². The number of hydrogen-bond acceptors (Lipinski definition) is 4. The number of halogens is 1. The summed E-state index contributed by atoms with van der Waals surface area (Å²) < 4.78 is 26.4. The Morgan fingerprint density at radius 3 is 1.97 bits per heavy atom. The number of anilines is 1. The van der Waals surface area contributed by atoms with E-state index in [0.29, 0.717) is 17.3 Å². The van der Waals surface area contributed by atoms with Gasteiger partial charge in [0, 0.05) is 24.5 Å². The first-order chi connectivity index (χ1) is 17.2. The van der Waals surface area contributed by atoms with Gasteiger partial charge in [0.15, 0.2) is 0 Å². The molecule has 0 saturated carbocycles. The molecule has 3 aromatic rings. The van der Waals surface area contributed by atoms with Crippen molar-refractivity contribution in [1.29, 1.82) is 0 Å². The highest BCUT2D eigenvalue weighted by Crippen LogP contribution is 2.22. The van der Waals surface area contributed by atoms with E-state index in [-0.39, 0.29) is 18.9 Å². The van der Waals surface area contributed by atoms with Gasteiger partial charge in [-0.2, -0.15) is 0 Å². The van der Waals surface area contributed by atoms with E-state index in [9.17, 15) is 18.0 Å². The summed E-state index contributed by atoms with van der Waals surface area (Å²) in [6.07, 6.45) is 1.33. The van der Waals surface area contributed by atoms with E-state index in [2.05, 4.69) is 5.32 Å². The third-order valence-electron chi connectivity index (χ3n) is 5.61. The maximum atomic E-state index is 13.8. The van der Waals surface area contributed by atoms with Crippen LogP contribution in [0.3, 0.4) is 0 Å². The Labute approximate surface area is 217 Å². The minimum atomic E-state index is -3.81. The zero-order valence-electron chi connectivity index (χ0n) is 20.3. The monoisotopic (exact) mass is 527 g/mol. The Balaban J connectivity index is 2.00. The largest absolute Gasteiger partial charge is 0.355 e. The number of sulfonamides is 1. The molecule has 7 nitrogen and oxygen atoms in total. The lowest BCUT2D eigenvalue weighted by molar-refractivity contribution is -0.140. The SMILES string of the molecule is CCNC(=O)[C@H](Cc1ccccc1)N(Cc1ccccc1)C(=O)CN(c1ccc(Cl)cc1)S(C)(=O)=O. The molecular weight excluding hydrogens is 498 g/mol. The number of amides is 2. The van der Waals surface area contributed by atoms with E-state index < -0.39 is 28.5 Å². The molecule has 0 saturated heterocycles. The van der Waals surface area contributed by atoms with Crippen LogP contribution in [-0.4, -0.2) is 50.5 Å². The number of carbonyl (C=O) groups excluding carboxylic acids is 2. The van der Waals surface area contributed by atoms with E-state index in [0.717, 1.165) is 21.7 Å². The second-order valence-electron chi connectivity index (χ2n) is 8.35. The number of nitrogens with one attached hydrogen (secondary N) is 1. The molecule has 3 aromatic carbocycles. The van der Waals surface area contributed by atoms with Gasteiger partial charge in [0.05, 0.1) is 11.9 Å². The minimum absolute atomic E-state index is 0.145. The van der Waals surface area contributed by atoms with E-state index in [1.807, 2.05) is 67.6 Å². The zero-order valence-corrected chi connectivity index (χ0v) is 21.9. The van der Waals surface area contributed by atoms with Crippen molar-refractivity contribution in [2.75, 3.05) is 23.7 Å². The van der Waals surface area contributed by atoms with Crippen molar-refractivity contribution < 1.29 is 18.0 Å². The highest BCUT2D eigenvalue weighted by Gasteiger charge is 2.32. The summed E-state index contributed by atoms with van der Waals surface area (Å²) in [6.45, 7) is 1.90. The van der Waals surface area contributed by atoms with Crippen molar-refractivity contribution in [2.45, 2.75) is 25.9 Å². The molecule has 9 heteroatoms. The van der Waals surface area contributed by atoms with Crippen LogP contribution in [-0.2, 0) is 32.6 Å². The quantitative estimate of drug-likeness (QED) is 0.410. The summed E-state index contributed by atoms with van der Waals surface area (Å²) in [4.78, 5) is 28.5. The van der Waals surface area contributed by atoms with Crippen molar-refractivity contribution in [1.82, 2.24) is 10.2 Å². The van der Waals surface area contributed by atoms with Crippen LogP contribution in [0, 0.1) is 0 Å². The van der Waals surface area contributed by atoms with Crippen molar-refractivity contribution >= 4 is 39.1 Å². The molecule has 2 amide bonds. The number of carbonyl (C=O) groups is 2. The lowest BCUT2D eigenvalue weighted by Crippen LogP contribution is -2.53. The first kappa shape index (κ1) is 27.2. The molecule has 0 fully saturated rings. The van der Waals surface area contributed by atoms with Gasteiger partial charge in [-0.1, -0.05) is 72.3 Å². The number of nitrogens with zero attached hydrogens (tertiary/aromatic N) is 2. The van der Waals surface area contributed by atoms with Crippen molar-refractivity contribution in [3.8, 4) is 0 Å².